The summed E-state index contributed by atoms with van der Waals surface area (Å²) in [6.07, 6.45) is -0.877. The molecule has 1 aliphatic heterocycles. The van der Waals surface area contributed by atoms with Crippen molar-refractivity contribution in [1.82, 2.24) is 4.98 Å². The first-order valence-electron chi connectivity index (χ1n) is 9.50. The number of alkyl halides is 2. The lowest BCUT2D eigenvalue weighted by molar-refractivity contribution is 0.0479. The number of amidine groups is 1. The van der Waals surface area contributed by atoms with Crippen LogP contribution in [0.15, 0.2) is 41.5 Å². The molecule has 2 heterocycles. The van der Waals surface area contributed by atoms with Gasteiger partial charge in [-0.1, -0.05) is 11.6 Å². The van der Waals surface area contributed by atoms with Crippen LogP contribution in [-0.2, 0) is 10.3 Å². The van der Waals surface area contributed by atoms with Crippen LogP contribution in [0.25, 0.3) is 0 Å². The van der Waals surface area contributed by atoms with Crippen molar-refractivity contribution in [2.75, 3.05) is 11.9 Å². The molecule has 0 radical (unpaired) electrons. The first-order valence-corrected chi connectivity index (χ1v) is 9.88. The molecule has 3 N–H and O–H groups in total. The number of fused-ring (bicyclic) bond motifs is 1. The number of benzene rings is 1. The molecule has 0 bridgehead atoms. The van der Waals surface area contributed by atoms with Crippen molar-refractivity contribution in [3.63, 3.8) is 0 Å². The molecule has 0 spiro atoms. The van der Waals surface area contributed by atoms with E-state index in [1.54, 1.807) is 31.2 Å². The Kier molecular flexibility index (Phi) is 6.35. The second-order valence-electron chi connectivity index (χ2n) is 7.99. The maximum absolute atomic E-state index is 12.5. The van der Waals surface area contributed by atoms with E-state index in [-0.39, 0.29) is 11.7 Å². The molecule has 0 aliphatic carbocycles. The highest BCUT2D eigenvalue weighted by Crippen LogP contribution is 2.46. The van der Waals surface area contributed by atoms with Gasteiger partial charge in [0.2, 0.25) is 0 Å². The Morgan fingerprint density at radius 1 is 1.35 bits per heavy atom. The smallest absolute Gasteiger partial charge is 0.283 e. The summed E-state index contributed by atoms with van der Waals surface area (Å²) in [5.74, 6) is 0.130. The van der Waals surface area contributed by atoms with Crippen LogP contribution >= 0.6 is 11.6 Å². The maximum Gasteiger partial charge on any atom is 0.283 e. The van der Waals surface area contributed by atoms with Crippen molar-refractivity contribution in [2.24, 2.45) is 10.7 Å². The first kappa shape index (κ1) is 22.7. The monoisotopic (exact) mass is 452 g/mol. The van der Waals surface area contributed by atoms with Crippen LogP contribution in [-0.4, -0.2) is 35.5 Å². The molecule has 1 aromatic carbocycles. The highest BCUT2D eigenvalue weighted by molar-refractivity contribution is 6.30. The lowest BCUT2D eigenvalue weighted by Crippen LogP contribution is -2.43. The number of aromatic nitrogens is 1. The molecule has 1 aromatic heterocycles. The Morgan fingerprint density at radius 2 is 2.10 bits per heavy atom. The van der Waals surface area contributed by atoms with Gasteiger partial charge in [0, 0.05) is 23.9 Å². The minimum atomic E-state index is -2.66. The lowest BCUT2D eigenvalue weighted by atomic mass is 9.79. The molecule has 1 atom stereocenters. The van der Waals surface area contributed by atoms with Gasteiger partial charge in [0.1, 0.15) is 17.0 Å². The second-order valence-corrected chi connectivity index (χ2v) is 8.43. The van der Waals surface area contributed by atoms with E-state index in [4.69, 9.17) is 26.8 Å². The van der Waals surface area contributed by atoms with Crippen LogP contribution in [0.2, 0.25) is 5.02 Å². The molecule has 2 aromatic rings. The fourth-order valence-electron chi connectivity index (χ4n) is 3.60. The summed E-state index contributed by atoms with van der Waals surface area (Å²) >= 11 is 5.81. The van der Waals surface area contributed by atoms with Gasteiger partial charge in [-0.15, -0.1) is 0 Å². The van der Waals surface area contributed by atoms with Crippen molar-refractivity contribution in [3.8, 4) is 5.75 Å². The van der Waals surface area contributed by atoms with Crippen LogP contribution in [0.5, 0.6) is 5.75 Å². The molecule has 0 fully saturated rings. The highest BCUT2D eigenvalue weighted by atomic mass is 35.5. The molecule has 10 heteroatoms. The van der Waals surface area contributed by atoms with Gasteiger partial charge in [0.25, 0.3) is 18.4 Å². The maximum atomic E-state index is 12.5. The summed E-state index contributed by atoms with van der Waals surface area (Å²) in [5.41, 5.74) is 5.56. The van der Waals surface area contributed by atoms with Gasteiger partial charge in [0.05, 0.1) is 10.6 Å². The summed E-state index contributed by atoms with van der Waals surface area (Å²) in [7, 11) is 0. The van der Waals surface area contributed by atoms with Gasteiger partial charge in [-0.2, -0.15) is 0 Å². The van der Waals surface area contributed by atoms with Crippen molar-refractivity contribution < 1.29 is 23.0 Å². The summed E-state index contributed by atoms with van der Waals surface area (Å²) in [6, 6.07) is 7.85. The third-order valence-corrected chi connectivity index (χ3v) is 4.87. The highest BCUT2D eigenvalue weighted by Gasteiger charge is 2.42. The van der Waals surface area contributed by atoms with Crippen LogP contribution in [0, 0.1) is 0 Å². The van der Waals surface area contributed by atoms with Gasteiger partial charge in [-0.05, 0) is 51.1 Å². The van der Waals surface area contributed by atoms with E-state index in [0.717, 1.165) is 0 Å². The summed E-state index contributed by atoms with van der Waals surface area (Å²) in [5, 5.41) is 3.19. The van der Waals surface area contributed by atoms with Crippen LogP contribution < -0.4 is 15.8 Å². The number of anilines is 1. The fourth-order valence-corrected chi connectivity index (χ4v) is 3.72. The Balaban J connectivity index is 1.92. The number of aliphatic imine (C=N–C) groups is 1. The number of rotatable bonds is 5. The Bertz CT molecular complexity index is 999. The minimum Gasteiger partial charge on any atom is -0.487 e. The molecule has 0 saturated heterocycles. The molecule has 31 heavy (non-hydrogen) atoms. The fraction of sp³-hybridized carbons (Fsp3) is 0.381. The zero-order chi connectivity index (χ0) is 22.8. The topological polar surface area (TPSA) is 98.8 Å². The van der Waals surface area contributed by atoms with Crippen molar-refractivity contribution >= 4 is 29.2 Å². The number of halogens is 3. The number of amides is 1. The summed E-state index contributed by atoms with van der Waals surface area (Å²) in [6.45, 7) is 4.74. The zero-order valence-corrected chi connectivity index (χ0v) is 18.0. The van der Waals surface area contributed by atoms with Gasteiger partial charge >= 0.3 is 0 Å². The van der Waals surface area contributed by atoms with Crippen molar-refractivity contribution in [3.05, 3.63) is 52.8 Å². The molecular formula is C21H23ClF2N4O3. The molecule has 0 saturated carbocycles. The van der Waals surface area contributed by atoms with E-state index in [2.05, 4.69) is 15.3 Å². The van der Waals surface area contributed by atoms with Crippen LogP contribution in [0.3, 0.4) is 0 Å². The van der Waals surface area contributed by atoms with E-state index < -0.39 is 30.1 Å². The van der Waals surface area contributed by atoms with Gasteiger partial charge < -0.3 is 20.5 Å². The number of carbonyl (C=O) groups excluding carboxylic acids is 1. The van der Waals surface area contributed by atoms with Crippen molar-refractivity contribution in [1.29, 1.82) is 0 Å². The number of hydrogen-bond acceptors (Lipinski definition) is 5. The number of pyridine rings is 1. The van der Waals surface area contributed by atoms with E-state index in [1.165, 1.54) is 12.3 Å². The molecule has 7 nitrogen and oxygen atoms in total. The molecule has 166 valence electrons. The van der Waals surface area contributed by atoms with Gasteiger partial charge in [-0.25, -0.2) is 18.8 Å². The molecule has 0 unspecified atom stereocenters. The first-order chi connectivity index (χ1) is 14.5. The average molecular weight is 453 g/mol. The van der Waals surface area contributed by atoms with Crippen LogP contribution in [0.1, 0.15) is 43.2 Å². The van der Waals surface area contributed by atoms with Crippen molar-refractivity contribution in [2.45, 2.75) is 44.8 Å². The molecule has 1 aliphatic rings. The largest absolute Gasteiger partial charge is 0.487 e. The lowest BCUT2D eigenvalue weighted by Gasteiger charge is -2.42. The Hall–Kier alpha value is -2.94. The Labute approximate surface area is 183 Å². The molecular weight excluding hydrogens is 430 g/mol. The predicted molar refractivity (Wildman–Crippen MR) is 114 cm³/mol. The van der Waals surface area contributed by atoms with E-state index in [9.17, 15) is 13.6 Å². The van der Waals surface area contributed by atoms with Crippen LogP contribution in [0.4, 0.5) is 14.5 Å². The van der Waals surface area contributed by atoms with Gasteiger partial charge in [0.15, 0.2) is 6.61 Å². The second kappa shape index (κ2) is 8.66. The standard InChI is InChI=1S/C21H23ClF2N4O3/c1-20(2)11-21(3,28-19(25)30-10-17(23)24)14-8-13(5-7-16(14)31-20)27-18(29)15-6-4-12(22)9-26-15/h4-9,17H,10-11H2,1-3H3,(H2,25,28)(H,27,29)/t21-/m1/s1. The summed E-state index contributed by atoms with van der Waals surface area (Å²) in [4.78, 5) is 20.9. The number of nitrogens with two attached hydrogens (primary N) is 1. The third kappa shape index (κ3) is 5.61. The Morgan fingerprint density at radius 3 is 2.74 bits per heavy atom. The van der Waals surface area contributed by atoms with E-state index >= 15 is 0 Å². The SMILES string of the molecule is CC1(C)C[C@@](C)(/N=C(/N)OCC(F)F)c2cc(NC(=O)c3ccc(Cl)cn3)ccc2O1. The number of nitrogens with zero attached hydrogens (tertiary/aromatic N) is 2. The summed E-state index contributed by atoms with van der Waals surface area (Å²) < 4.78 is 35.8. The molecule has 1 amide bonds. The van der Waals surface area contributed by atoms with E-state index in [0.29, 0.717) is 28.4 Å². The molecule has 3 rings (SSSR count). The minimum absolute atomic E-state index is 0.199. The number of nitrogens with one attached hydrogen (secondary N) is 1. The number of ether oxygens (including phenoxy) is 2. The van der Waals surface area contributed by atoms with E-state index in [1.807, 2.05) is 13.8 Å². The predicted octanol–water partition coefficient (Wildman–Crippen LogP) is 4.36. The zero-order valence-electron chi connectivity index (χ0n) is 17.3. The average Bonchev–Trinajstić information content (AvgIpc) is 2.66. The van der Waals surface area contributed by atoms with Gasteiger partial charge in [-0.3, -0.25) is 4.79 Å². The normalized spacial score (nSPS) is 20.0. The third-order valence-electron chi connectivity index (χ3n) is 4.65. The number of hydrogen-bond donors (Lipinski definition) is 2. The number of carbonyl (C=O) groups is 1. The quantitative estimate of drug-likeness (QED) is 0.518.